The molecular weight excluding hydrogens is 314 g/mol. The molecule has 1 aromatic heterocycles. The van der Waals surface area contributed by atoms with Gasteiger partial charge in [-0.1, -0.05) is 18.2 Å². The molecule has 0 amide bonds. The van der Waals surface area contributed by atoms with E-state index < -0.39 is 0 Å². The summed E-state index contributed by atoms with van der Waals surface area (Å²) in [4.78, 5) is 13.8. The molecule has 0 aliphatic carbocycles. The molecule has 0 bridgehead atoms. The Balaban J connectivity index is 1.57. The van der Waals surface area contributed by atoms with Crippen LogP contribution in [0.3, 0.4) is 0 Å². The molecule has 6 nitrogen and oxygen atoms in total. The van der Waals surface area contributed by atoms with Crippen LogP contribution in [0.25, 0.3) is 0 Å². The predicted molar refractivity (Wildman–Crippen MR) is 94.0 cm³/mol. The zero-order chi connectivity index (χ0) is 17.1. The summed E-state index contributed by atoms with van der Waals surface area (Å²) in [5.41, 5.74) is 4.22. The Hall–Kier alpha value is -2.49. The van der Waals surface area contributed by atoms with Crippen LogP contribution in [0.2, 0.25) is 0 Å². The van der Waals surface area contributed by atoms with Gasteiger partial charge in [-0.3, -0.25) is 4.90 Å². The normalized spacial score (nSPS) is 17.8. The number of nitriles is 1. The largest absolute Gasteiger partial charge is 0.378 e. The van der Waals surface area contributed by atoms with Crippen LogP contribution in [0.15, 0.2) is 30.6 Å². The third-order valence-corrected chi connectivity index (χ3v) is 4.90. The SMILES string of the molecule is N#Cc1ccccc1CN1CCc2ncnc(N3CCOCC3)c2C1. The number of nitrogens with zero attached hydrogens (tertiary/aromatic N) is 5. The molecule has 128 valence electrons. The van der Waals surface area contributed by atoms with Crippen LogP contribution in [0.5, 0.6) is 0 Å². The maximum atomic E-state index is 9.31. The van der Waals surface area contributed by atoms with Gasteiger partial charge in [0.05, 0.1) is 30.5 Å². The van der Waals surface area contributed by atoms with Crippen molar-refractivity contribution in [1.82, 2.24) is 14.9 Å². The van der Waals surface area contributed by atoms with E-state index in [1.165, 1.54) is 5.56 Å². The summed E-state index contributed by atoms with van der Waals surface area (Å²) in [5, 5.41) is 9.31. The van der Waals surface area contributed by atoms with E-state index >= 15 is 0 Å². The maximum absolute atomic E-state index is 9.31. The minimum Gasteiger partial charge on any atom is -0.378 e. The topological polar surface area (TPSA) is 65.3 Å². The van der Waals surface area contributed by atoms with E-state index in [-0.39, 0.29) is 0 Å². The highest BCUT2D eigenvalue weighted by molar-refractivity contribution is 5.50. The summed E-state index contributed by atoms with van der Waals surface area (Å²) in [6.45, 7) is 5.80. The van der Waals surface area contributed by atoms with E-state index in [0.717, 1.165) is 75.0 Å². The van der Waals surface area contributed by atoms with E-state index in [1.54, 1.807) is 6.33 Å². The molecule has 6 heteroatoms. The molecule has 1 fully saturated rings. The minimum atomic E-state index is 0.748. The number of ether oxygens (including phenoxy) is 1. The van der Waals surface area contributed by atoms with Crippen LogP contribution in [0.1, 0.15) is 22.4 Å². The number of fused-ring (bicyclic) bond motifs is 1. The third-order valence-electron chi connectivity index (χ3n) is 4.90. The average molecular weight is 335 g/mol. The lowest BCUT2D eigenvalue weighted by atomic mass is 10.0. The monoisotopic (exact) mass is 335 g/mol. The van der Waals surface area contributed by atoms with E-state index in [1.807, 2.05) is 24.3 Å². The first kappa shape index (κ1) is 16.0. The number of hydrogen-bond acceptors (Lipinski definition) is 6. The summed E-state index contributed by atoms with van der Waals surface area (Å²) in [5.74, 6) is 1.05. The number of rotatable bonds is 3. The summed E-state index contributed by atoms with van der Waals surface area (Å²) in [6, 6.07) is 10.1. The predicted octanol–water partition coefficient (Wildman–Crippen LogP) is 1.74. The van der Waals surface area contributed by atoms with Crippen molar-refractivity contribution in [2.75, 3.05) is 37.7 Å². The van der Waals surface area contributed by atoms with E-state index in [4.69, 9.17) is 4.74 Å². The van der Waals surface area contributed by atoms with Crippen molar-refractivity contribution < 1.29 is 4.74 Å². The zero-order valence-electron chi connectivity index (χ0n) is 14.2. The van der Waals surface area contributed by atoms with Gasteiger partial charge in [-0.25, -0.2) is 9.97 Å². The van der Waals surface area contributed by atoms with Crippen molar-refractivity contribution >= 4 is 5.82 Å². The zero-order valence-corrected chi connectivity index (χ0v) is 14.2. The Labute approximate surface area is 147 Å². The average Bonchev–Trinajstić information content (AvgIpc) is 2.68. The van der Waals surface area contributed by atoms with Crippen LogP contribution in [-0.4, -0.2) is 47.7 Å². The molecule has 0 atom stereocenters. The molecule has 0 saturated carbocycles. The Morgan fingerprint density at radius 2 is 1.96 bits per heavy atom. The van der Waals surface area contributed by atoms with Crippen LogP contribution < -0.4 is 4.90 Å². The first-order chi connectivity index (χ1) is 12.3. The molecule has 2 aliphatic rings. The number of anilines is 1. The van der Waals surface area contributed by atoms with E-state index in [0.29, 0.717) is 0 Å². The van der Waals surface area contributed by atoms with Gasteiger partial charge >= 0.3 is 0 Å². The van der Waals surface area contributed by atoms with Gasteiger partial charge in [0, 0.05) is 44.7 Å². The number of hydrogen-bond donors (Lipinski definition) is 0. The standard InChI is InChI=1S/C19H21N5O/c20-11-15-3-1-2-4-16(15)12-23-6-5-18-17(13-23)19(22-14-21-18)24-7-9-25-10-8-24/h1-4,14H,5-10,12-13H2. The lowest BCUT2D eigenvalue weighted by Gasteiger charge is -2.34. The molecule has 4 rings (SSSR count). The highest BCUT2D eigenvalue weighted by Gasteiger charge is 2.25. The van der Waals surface area contributed by atoms with Crippen molar-refractivity contribution in [3.05, 3.63) is 53.0 Å². The van der Waals surface area contributed by atoms with Crippen molar-refractivity contribution in [2.24, 2.45) is 0 Å². The van der Waals surface area contributed by atoms with Gasteiger partial charge < -0.3 is 9.64 Å². The summed E-state index contributed by atoms with van der Waals surface area (Å²) >= 11 is 0. The molecule has 2 aromatic rings. The van der Waals surface area contributed by atoms with Crippen LogP contribution in [-0.2, 0) is 24.2 Å². The summed E-state index contributed by atoms with van der Waals surface area (Å²) in [7, 11) is 0. The molecule has 2 aliphatic heterocycles. The van der Waals surface area contributed by atoms with Gasteiger partial charge in [0.1, 0.15) is 12.1 Å². The fourth-order valence-corrected chi connectivity index (χ4v) is 3.57. The quantitative estimate of drug-likeness (QED) is 0.851. The van der Waals surface area contributed by atoms with Crippen LogP contribution >= 0.6 is 0 Å². The van der Waals surface area contributed by atoms with E-state index in [9.17, 15) is 5.26 Å². The molecule has 1 aromatic carbocycles. The molecule has 0 radical (unpaired) electrons. The van der Waals surface area contributed by atoms with Gasteiger partial charge in [-0.2, -0.15) is 5.26 Å². The molecule has 0 N–H and O–H groups in total. The van der Waals surface area contributed by atoms with Crippen molar-refractivity contribution in [2.45, 2.75) is 19.5 Å². The first-order valence-electron chi connectivity index (χ1n) is 8.71. The van der Waals surface area contributed by atoms with Gasteiger partial charge in [-0.15, -0.1) is 0 Å². The Kier molecular flexibility index (Phi) is 4.59. The Bertz CT molecular complexity index is 795. The number of morpholine rings is 1. The third kappa shape index (κ3) is 3.34. The minimum absolute atomic E-state index is 0.748. The number of benzene rings is 1. The molecular formula is C19H21N5O. The molecule has 1 saturated heterocycles. The van der Waals surface area contributed by atoms with Gasteiger partial charge in [0.2, 0.25) is 0 Å². The fourth-order valence-electron chi connectivity index (χ4n) is 3.57. The van der Waals surface area contributed by atoms with Crippen molar-refractivity contribution in [3.8, 4) is 6.07 Å². The molecule has 25 heavy (non-hydrogen) atoms. The molecule has 3 heterocycles. The van der Waals surface area contributed by atoms with Crippen LogP contribution in [0, 0.1) is 11.3 Å². The van der Waals surface area contributed by atoms with Gasteiger partial charge in [-0.05, 0) is 11.6 Å². The second-order valence-corrected chi connectivity index (χ2v) is 6.45. The fraction of sp³-hybridized carbons (Fsp3) is 0.421. The highest BCUT2D eigenvalue weighted by Crippen LogP contribution is 2.27. The highest BCUT2D eigenvalue weighted by atomic mass is 16.5. The smallest absolute Gasteiger partial charge is 0.136 e. The van der Waals surface area contributed by atoms with E-state index in [2.05, 4.69) is 25.8 Å². The second-order valence-electron chi connectivity index (χ2n) is 6.45. The van der Waals surface area contributed by atoms with Crippen LogP contribution in [0.4, 0.5) is 5.82 Å². The maximum Gasteiger partial charge on any atom is 0.136 e. The lowest BCUT2D eigenvalue weighted by molar-refractivity contribution is 0.122. The molecule has 0 spiro atoms. The number of aromatic nitrogens is 2. The first-order valence-corrected chi connectivity index (χ1v) is 8.71. The summed E-state index contributed by atoms with van der Waals surface area (Å²) < 4.78 is 5.46. The second kappa shape index (κ2) is 7.18. The Morgan fingerprint density at radius 3 is 2.80 bits per heavy atom. The van der Waals surface area contributed by atoms with Gasteiger partial charge in [0.25, 0.3) is 0 Å². The lowest BCUT2D eigenvalue weighted by Crippen LogP contribution is -2.39. The summed E-state index contributed by atoms with van der Waals surface area (Å²) in [6.07, 6.45) is 2.61. The Morgan fingerprint density at radius 1 is 1.12 bits per heavy atom. The van der Waals surface area contributed by atoms with Crippen molar-refractivity contribution in [1.29, 1.82) is 5.26 Å². The van der Waals surface area contributed by atoms with Crippen molar-refractivity contribution in [3.63, 3.8) is 0 Å². The molecule has 0 unspecified atom stereocenters. The van der Waals surface area contributed by atoms with Gasteiger partial charge in [0.15, 0.2) is 0 Å².